The third-order valence-electron chi connectivity index (χ3n) is 19.7. The van der Waals surface area contributed by atoms with Crippen LogP contribution < -0.4 is 0 Å². The summed E-state index contributed by atoms with van der Waals surface area (Å²) in [7, 11) is -9.92. The maximum absolute atomic E-state index is 13.1. The summed E-state index contributed by atoms with van der Waals surface area (Å²) in [6.07, 6.45) is 62.8. The smallest absolute Gasteiger partial charge is 0.462 e. The summed E-state index contributed by atoms with van der Waals surface area (Å²) in [6, 6.07) is 0. The predicted octanol–water partition coefficient (Wildman–Crippen LogP) is 24.9. The van der Waals surface area contributed by atoms with E-state index < -0.39 is 97.5 Å². The molecule has 0 spiro atoms. The molecule has 0 aliphatic heterocycles. The number of carbonyl (C=O) groups excluding carboxylic acids is 4. The number of phosphoric ester groups is 2. The molecule has 6 atom stereocenters. The van der Waals surface area contributed by atoms with Crippen LogP contribution in [0.2, 0.25) is 0 Å². The number of hydrogen-bond donors (Lipinski definition) is 3. The number of unbranched alkanes of at least 4 members (excludes halogenated alkanes) is 48. The molecule has 0 saturated heterocycles. The first kappa shape index (κ1) is 100. The average Bonchev–Trinajstić information content (AvgIpc) is 1.16. The summed E-state index contributed by atoms with van der Waals surface area (Å²) in [6.45, 7) is 11.9. The molecule has 0 fully saturated rings. The number of esters is 4. The van der Waals surface area contributed by atoms with E-state index in [1.807, 2.05) is 0 Å². The molecule has 0 amide bonds. The highest BCUT2D eigenvalue weighted by Gasteiger charge is 2.30. The number of rotatable bonds is 81. The van der Waals surface area contributed by atoms with Crippen LogP contribution in [0.3, 0.4) is 0 Å². The Kier molecular flexibility index (Phi) is 71.8. The summed E-state index contributed by atoms with van der Waals surface area (Å²) in [5.41, 5.74) is 0. The van der Waals surface area contributed by atoms with Gasteiger partial charge in [-0.1, -0.05) is 382 Å². The van der Waals surface area contributed by atoms with Gasteiger partial charge in [0.1, 0.15) is 19.3 Å². The second-order valence-electron chi connectivity index (χ2n) is 31.1. The fourth-order valence-corrected chi connectivity index (χ4v) is 14.4. The van der Waals surface area contributed by atoms with Gasteiger partial charge >= 0.3 is 39.5 Å². The summed E-state index contributed by atoms with van der Waals surface area (Å²) in [4.78, 5) is 73.0. The second kappa shape index (κ2) is 73.2. The Balaban J connectivity index is 5.19. The Hall–Kier alpha value is -1.94. The van der Waals surface area contributed by atoms with Crippen molar-refractivity contribution in [2.45, 2.75) is 452 Å². The van der Waals surface area contributed by atoms with Crippen LogP contribution in [-0.4, -0.2) is 96.7 Å². The standard InChI is InChI=1S/C83H162O17P2/c1-8-10-11-12-13-14-15-16-17-18-19-20-21-22-23-28-31-34-37-43-52-59-66-82(87)99-78(70-93-80(85)64-57-50-42-36-33-30-27-25-24-26-29-32-35-40-47-54-61-74(3)4)72-97-101(89,90)95-68-77(84)69-96-102(91,92)98-73-79(71-94-81(86)65-58-51-46-45-48-55-62-75(5)6)100-83(88)67-60-53-44-39-38-41-49-56-63-76(7)9-2/h74-79,84H,8-73H2,1-7H3,(H,89,90)(H,91,92)/t76?,77-,78-,79-/m1/s1. The number of hydrogen-bond acceptors (Lipinski definition) is 15. The molecule has 606 valence electrons. The molecule has 17 nitrogen and oxygen atoms in total. The molecular formula is C83H162O17P2. The van der Waals surface area contributed by atoms with Crippen molar-refractivity contribution in [1.82, 2.24) is 0 Å². The Morgan fingerprint density at radius 3 is 0.745 bits per heavy atom. The van der Waals surface area contributed by atoms with Crippen LogP contribution in [-0.2, 0) is 65.4 Å². The first-order valence-electron chi connectivity index (χ1n) is 42.9. The molecule has 0 saturated carbocycles. The lowest BCUT2D eigenvalue weighted by atomic mass is 9.99. The van der Waals surface area contributed by atoms with Crippen LogP contribution in [0.4, 0.5) is 0 Å². The molecule has 0 aromatic carbocycles. The van der Waals surface area contributed by atoms with Crippen molar-refractivity contribution in [1.29, 1.82) is 0 Å². The summed E-state index contributed by atoms with van der Waals surface area (Å²) >= 11 is 0. The molecule has 0 aliphatic rings. The van der Waals surface area contributed by atoms with Crippen molar-refractivity contribution in [2.75, 3.05) is 39.6 Å². The van der Waals surface area contributed by atoms with Crippen molar-refractivity contribution in [2.24, 2.45) is 17.8 Å². The normalized spacial score (nSPS) is 14.2. The van der Waals surface area contributed by atoms with Crippen LogP contribution in [0.1, 0.15) is 434 Å². The lowest BCUT2D eigenvalue weighted by Crippen LogP contribution is -2.30. The van der Waals surface area contributed by atoms with E-state index in [2.05, 4.69) is 48.5 Å². The highest BCUT2D eigenvalue weighted by atomic mass is 31.2. The summed E-state index contributed by atoms with van der Waals surface area (Å²) in [5, 5.41) is 10.6. The van der Waals surface area contributed by atoms with Crippen LogP contribution in [0.15, 0.2) is 0 Å². The van der Waals surface area contributed by atoms with E-state index >= 15 is 0 Å². The Bertz CT molecular complexity index is 1980. The molecule has 0 aliphatic carbocycles. The minimum absolute atomic E-state index is 0.104. The zero-order valence-electron chi connectivity index (χ0n) is 67.1. The van der Waals surface area contributed by atoms with E-state index in [9.17, 15) is 43.2 Å². The molecule has 0 rings (SSSR count). The lowest BCUT2D eigenvalue weighted by molar-refractivity contribution is -0.161. The maximum Gasteiger partial charge on any atom is 0.472 e. The molecular weight excluding hydrogens is 1330 g/mol. The number of aliphatic hydroxyl groups excluding tert-OH is 1. The van der Waals surface area contributed by atoms with Gasteiger partial charge in [0.05, 0.1) is 26.4 Å². The first-order valence-corrected chi connectivity index (χ1v) is 45.9. The highest BCUT2D eigenvalue weighted by molar-refractivity contribution is 7.47. The fourth-order valence-electron chi connectivity index (χ4n) is 12.8. The third-order valence-corrected chi connectivity index (χ3v) is 21.6. The van der Waals surface area contributed by atoms with E-state index in [0.29, 0.717) is 31.6 Å². The molecule has 3 N–H and O–H groups in total. The fraction of sp³-hybridized carbons (Fsp3) is 0.952. The van der Waals surface area contributed by atoms with Crippen molar-refractivity contribution in [3.63, 3.8) is 0 Å². The minimum atomic E-state index is -4.96. The SMILES string of the molecule is CCCCCCCCCCCCCCCCCCCCCCCCC(=O)O[C@H](COC(=O)CCCCCCCCCCCCCCCCCCC(C)C)COP(=O)(O)OC[C@@H](O)COP(=O)(O)OC[C@@H](COC(=O)CCCCCCCCC(C)C)OC(=O)CCCCCCCCCCC(C)CC. The van der Waals surface area contributed by atoms with E-state index in [1.54, 1.807) is 0 Å². The van der Waals surface area contributed by atoms with E-state index in [4.69, 9.17) is 37.0 Å². The zero-order valence-corrected chi connectivity index (χ0v) is 68.9. The van der Waals surface area contributed by atoms with Gasteiger partial charge in [0.2, 0.25) is 0 Å². The van der Waals surface area contributed by atoms with Crippen LogP contribution in [0, 0.1) is 17.8 Å². The number of carbonyl (C=O) groups is 4. The van der Waals surface area contributed by atoms with Gasteiger partial charge in [-0.2, -0.15) is 0 Å². The van der Waals surface area contributed by atoms with Crippen LogP contribution in [0.5, 0.6) is 0 Å². The molecule has 0 aromatic rings. The van der Waals surface area contributed by atoms with Crippen molar-refractivity contribution < 1.29 is 80.2 Å². The molecule has 3 unspecified atom stereocenters. The number of ether oxygens (including phenoxy) is 4. The van der Waals surface area contributed by atoms with E-state index in [-0.39, 0.29) is 25.7 Å². The first-order chi connectivity index (χ1) is 49.3. The molecule has 0 radical (unpaired) electrons. The number of aliphatic hydroxyl groups is 1. The number of phosphoric acid groups is 2. The monoisotopic (exact) mass is 1490 g/mol. The molecule has 0 aromatic heterocycles. The van der Waals surface area contributed by atoms with Gasteiger partial charge in [0, 0.05) is 25.7 Å². The molecule has 19 heteroatoms. The van der Waals surface area contributed by atoms with Gasteiger partial charge in [-0.25, -0.2) is 9.13 Å². The van der Waals surface area contributed by atoms with Gasteiger partial charge in [-0.05, 0) is 43.4 Å². The molecule has 102 heavy (non-hydrogen) atoms. The minimum Gasteiger partial charge on any atom is -0.462 e. The molecule has 0 heterocycles. The van der Waals surface area contributed by atoms with Crippen molar-refractivity contribution >= 4 is 39.5 Å². The third kappa shape index (κ3) is 74.9. The van der Waals surface area contributed by atoms with E-state index in [1.165, 1.54) is 238 Å². The average molecular weight is 1490 g/mol. The van der Waals surface area contributed by atoms with Gasteiger partial charge in [0.15, 0.2) is 12.2 Å². The topological polar surface area (TPSA) is 237 Å². The second-order valence-corrected chi connectivity index (χ2v) is 34.0. The van der Waals surface area contributed by atoms with Gasteiger partial charge in [-0.3, -0.25) is 37.3 Å². The lowest BCUT2D eigenvalue weighted by Gasteiger charge is -2.21. The Morgan fingerprint density at radius 2 is 0.500 bits per heavy atom. The predicted molar refractivity (Wildman–Crippen MR) is 418 cm³/mol. The quantitative estimate of drug-likeness (QED) is 0.0222. The maximum atomic E-state index is 13.1. The Morgan fingerprint density at radius 1 is 0.284 bits per heavy atom. The summed E-state index contributed by atoms with van der Waals surface area (Å²) < 4.78 is 68.7. The van der Waals surface area contributed by atoms with Crippen LogP contribution >= 0.6 is 15.6 Å². The van der Waals surface area contributed by atoms with Gasteiger partial charge in [-0.15, -0.1) is 0 Å². The Labute approximate surface area is 626 Å². The van der Waals surface area contributed by atoms with Crippen molar-refractivity contribution in [3.05, 3.63) is 0 Å². The highest BCUT2D eigenvalue weighted by Crippen LogP contribution is 2.45. The van der Waals surface area contributed by atoms with Gasteiger partial charge in [0.25, 0.3) is 0 Å². The van der Waals surface area contributed by atoms with Gasteiger partial charge < -0.3 is 33.8 Å². The van der Waals surface area contributed by atoms with E-state index in [0.717, 1.165) is 108 Å². The zero-order chi connectivity index (χ0) is 75.1. The van der Waals surface area contributed by atoms with Crippen molar-refractivity contribution in [3.8, 4) is 0 Å². The largest absolute Gasteiger partial charge is 0.472 e. The summed E-state index contributed by atoms with van der Waals surface area (Å²) in [5.74, 6) is 0.147. The van der Waals surface area contributed by atoms with Crippen LogP contribution in [0.25, 0.3) is 0 Å². The molecule has 0 bridgehead atoms.